The van der Waals surface area contributed by atoms with Crippen molar-refractivity contribution in [2.45, 2.75) is 0 Å². The Balaban J connectivity index is 3.36. The molecule has 12 heavy (non-hydrogen) atoms. The largest absolute Gasteiger partial charge is 0.505 e. The standard InChI is InChI=1S/C6H3Cl2NO3/c7-3-1-2-4(9(11)12)5(8)6(3)10/h1-2,10H. The fraction of sp³-hybridized carbons (Fsp3) is 0. The van der Waals surface area contributed by atoms with Crippen molar-refractivity contribution in [2.75, 3.05) is 0 Å². The fourth-order valence-corrected chi connectivity index (χ4v) is 1.11. The fourth-order valence-electron chi connectivity index (χ4n) is 0.671. The minimum Gasteiger partial charge on any atom is -0.505 e. The summed E-state index contributed by atoms with van der Waals surface area (Å²) in [5.41, 5.74) is -0.362. The highest BCUT2D eigenvalue weighted by atomic mass is 35.5. The molecular weight excluding hydrogens is 205 g/mol. The van der Waals surface area contributed by atoms with E-state index in [4.69, 9.17) is 28.3 Å². The number of nitrogens with zero attached hydrogens (tertiary/aromatic N) is 1. The molecule has 0 aromatic heterocycles. The molecule has 0 heterocycles. The van der Waals surface area contributed by atoms with E-state index in [1.807, 2.05) is 0 Å². The van der Waals surface area contributed by atoms with Gasteiger partial charge in [0.1, 0.15) is 0 Å². The van der Waals surface area contributed by atoms with Gasteiger partial charge in [-0.15, -0.1) is 0 Å². The van der Waals surface area contributed by atoms with Crippen LogP contribution in [0.25, 0.3) is 0 Å². The summed E-state index contributed by atoms with van der Waals surface area (Å²) in [5.74, 6) is -0.465. The molecule has 64 valence electrons. The molecular formula is C6H3Cl2NO3. The minimum absolute atomic E-state index is 0.00870. The van der Waals surface area contributed by atoms with Crippen LogP contribution in [0.5, 0.6) is 5.75 Å². The quantitative estimate of drug-likeness (QED) is 0.569. The maximum atomic E-state index is 10.3. The number of rotatable bonds is 1. The van der Waals surface area contributed by atoms with Crippen LogP contribution < -0.4 is 0 Å². The number of nitro benzene ring substituents is 1. The zero-order valence-electron chi connectivity index (χ0n) is 5.62. The summed E-state index contributed by atoms with van der Waals surface area (Å²) < 4.78 is 0. The second-order valence-electron chi connectivity index (χ2n) is 1.99. The summed E-state index contributed by atoms with van der Waals surface area (Å²) in [4.78, 5) is 9.56. The number of phenolic OH excluding ortho intramolecular Hbond substituents is 1. The molecule has 0 saturated carbocycles. The minimum atomic E-state index is -0.696. The van der Waals surface area contributed by atoms with Gasteiger partial charge in [0, 0.05) is 6.07 Å². The average Bonchev–Trinajstić information content (AvgIpc) is 2.00. The summed E-state index contributed by atoms with van der Waals surface area (Å²) in [5, 5.41) is 19.0. The van der Waals surface area contributed by atoms with Gasteiger partial charge in [0.05, 0.1) is 9.95 Å². The Kier molecular flexibility index (Phi) is 2.40. The molecule has 1 N–H and O–H groups in total. The van der Waals surface area contributed by atoms with Crippen LogP contribution in [-0.4, -0.2) is 10.0 Å². The second-order valence-corrected chi connectivity index (χ2v) is 2.77. The molecule has 0 aliphatic heterocycles. The van der Waals surface area contributed by atoms with Crippen LogP contribution in [-0.2, 0) is 0 Å². The molecule has 0 atom stereocenters. The van der Waals surface area contributed by atoms with E-state index in [-0.39, 0.29) is 15.7 Å². The van der Waals surface area contributed by atoms with Gasteiger partial charge in [0.25, 0.3) is 5.69 Å². The van der Waals surface area contributed by atoms with Gasteiger partial charge in [-0.3, -0.25) is 10.1 Å². The van der Waals surface area contributed by atoms with Crippen LogP contribution in [0.1, 0.15) is 0 Å². The number of nitro groups is 1. The zero-order valence-corrected chi connectivity index (χ0v) is 7.13. The van der Waals surface area contributed by atoms with E-state index in [1.165, 1.54) is 6.07 Å². The Hall–Kier alpha value is -1.00. The summed E-state index contributed by atoms with van der Waals surface area (Å²) in [6.45, 7) is 0. The van der Waals surface area contributed by atoms with Gasteiger partial charge in [0.2, 0.25) is 0 Å². The molecule has 1 aromatic carbocycles. The van der Waals surface area contributed by atoms with Crippen LogP contribution in [0.4, 0.5) is 5.69 Å². The molecule has 0 radical (unpaired) electrons. The molecule has 0 aliphatic rings. The Bertz CT molecular complexity index is 340. The van der Waals surface area contributed by atoms with Crippen LogP contribution in [0.15, 0.2) is 12.1 Å². The SMILES string of the molecule is O=[N+]([O-])c1ccc(Cl)c(O)c1Cl. The topological polar surface area (TPSA) is 63.4 Å². The Morgan fingerprint density at radius 1 is 1.42 bits per heavy atom. The molecule has 0 bridgehead atoms. The van der Waals surface area contributed by atoms with E-state index in [1.54, 1.807) is 0 Å². The van der Waals surface area contributed by atoms with Crippen molar-refractivity contribution in [2.24, 2.45) is 0 Å². The van der Waals surface area contributed by atoms with Crippen LogP contribution >= 0.6 is 23.2 Å². The van der Waals surface area contributed by atoms with Gasteiger partial charge in [0.15, 0.2) is 10.8 Å². The highest BCUT2D eigenvalue weighted by Crippen LogP contribution is 2.37. The third kappa shape index (κ3) is 1.44. The number of hydrogen-bond acceptors (Lipinski definition) is 3. The first-order valence-electron chi connectivity index (χ1n) is 2.85. The number of halogens is 2. The Morgan fingerprint density at radius 3 is 2.50 bits per heavy atom. The lowest BCUT2D eigenvalue weighted by atomic mass is 10.3. The highest BCUT2D eigenvalue weighted by Gasteiger charge is 2.17. The van der Waals surface area contributed by atoms with Crippen LogP contribution in [0.2, 0.25) is 10.0 Å². The second kappa shape index (κ2) is 3.16. The van der Waals surface area contributed by atoms with Gasteiger partial charge in [-0.1, -0.05) is 23.2 Å². The van der Waals surface area contributed by atoms with E-state index in [0.29, 0.717) is 0 Å². The summed E-state index contributed by atoms with van der Waals surface area (Å²) in [6, 6.07) is 2.34. The van der Waals surface area contributed by atoms with Crippen LogP contribution in [0.3, 0.4) is 0 Å². The van der Waals surface area contributed by atoms with Gasteiger partial charge in [-0.25, -0.2) is 0 Å². The lowest BCUT2D eigenvalue weighted by Gasteiger charge is -1.98. The van der Waals surface area contributed by atoms with Crippen molar-refractivity contribution in [1.29, 1.82) is 0 Å². The zero-order chi connectivity index (χ0) is 9.30. The first kappa shape index (κ1) is 9.09. The lowest BCUT2D eigenvalue weighted by Crippen LogP contribution is -1.88. The predicted octanol–water partition coefficient (Wildman–Crippen LogP) is 2.61. The molecule has 6 heteroatoms. The molecule has 1 rings (SSSR count). The van der Waals surface area contributed by atoms with Crippen molar-refractivity contribution in [3.63, 3.8) is 0 Å². The summed E-state index contributed by atoms with van der Waals surface area (Å²) in [6.07, 6.45) is 0. The Labute approximate surface area is 77.5 Å². The molecule has 0 spiro atoms. The maximum Gasteiger partial charge on any atom is 0.291 e. The molecule has 4 nitrogen and oxygen atoms in total. The number of aromatic hydroxyl groups is 1. The molecule has 0 saturated heterocycles. The molecule has 0 unspecified atom stereocenters. The highest BCUT2D eigenvalue weighted by molar-refractivity contribution is 6.38. The van der Waals surface area contributed by atoms with Crippen molar-refractivity contribution >= 4 is 28.9 Å². The van der Waals surface area contributed by atoms with Crippen LogP contribution in [0, 0.1) is 10.1 Å². The summed E-state index contributed by atoms with van der Waals surface area (Å²) >= 11 is 10.9. The predicted molar refractivity (Wildman–Crippen MR) is 44.8 cm³/mol. The van der Waals surface area contributed by atoms with Gasteiger partial charge >= 0.3 is 0 Å². The first-order chi connectivity index (χ1) is 5.54. The average molecular weight is 208 g/mol. The normalized spacial score (nSPS) is 9.83. The molecule has 0 amide bonds. The third-order valence-electron chi connectivity index (χ3n) is 1.24. The number of hydrogen-bond donors (Lipinski definition) is 1. The van der Waals surface area contributed by atoms with E-state index in [0.717, 1.165) is 6.07 Å². The smallest absolute Gasteiger partial charge is 0.291 e. The molecule has 0 aliphatic carbocycles. The van der Waals surface area contributed by atoms with Gasteiger partial charge in [-0.05, 0) is 6.07 Å². The van der Waals surface area contributed by atoms with E-state index >= 15 is 0 Å². The van der Waals surface area contributed by atoms with E-state index < -0.39 is 10.7 Å². The third-order valence-corrected chi connectivity index (χ3v) is 1.92. The Morgan fingerprint density at radius 2 is 2.00 bits per heavy atom. The molecule has 1 aromatic rings. The number of benzene rings is 1. The maximum absolute atomic E-state index is 10.3. The first-order valence-corrected chi connectivity index (χ1v) is 3.61. The monoisotopic (exact) mass is 207 g/mol. The van der Waals surface area contributed by atoms with Gasteiger partial charge < -0.3 is 5.11 Å². The van der Waals surface area contributed by atoms with Crippen molar-refractivity contribution in [3.8, 4) is 5.75 Å². The van der Waals surface area contributed by atoms with Crippen molar-refractivity contribution in [3.05, 3.63) is 32.3 Å². The van der Waals surface area contributed by atoms with Crippen molar-refractivity contribution < 1.29 is 10.0 Å². The van der Waals surface area contributed by atoms with Gasteiger partial charge in [-0.2, -0.15) is 0 Å². The number of phenols is 1. The van der Waals surface area contributed by atoms with E-state index in [2.05, 4.69) is 0 Å². The van der Waals surface area contributed by atoms with E-state index in [9.17, 15) is 10.1 Å². The lowest BCUT2D eigenvalue weighted by molar-refractivity contribution is -0.384. The summed E-state index contributed by atoms with van der Waals surface area (Å²) in [7, 11) is 0. The van der Waals surface area contributed by atoms with Crippen molar-refractivity contribution in [1.82, 2.24) is 0 Å². The molecule has 0 fully saturated rings.